The summed E-state index contributed by atoms with van der Waals surface area (Å²) in [6, 6.07) is 5.83. The molecule has 7 nitrogen and oxygen atoms in total. The number of nitrogens with two attached hydrogens (primary N) is 1. The molecule has 3 rings (SSSR count). The van der Waals surface area contributed by atoms with Gasteiger partial charge in [-0.05, 0) is 36.6 Å². The summed E-state index contributed by atoms with van der Waals surface area (Å²) < 4.78 is 36.3. The van der Waals surface area contributed by atoms with Crippen molar-refractivity contribution in [2.75, 3.05) is 7.11 Å². The predicted octanol–water partition coefficient (Wildman–Crippen LogP) is 3.11. The highest BCUT2D eigenvalue weighted by atomic mass is 19.4. The molecule has 1 heterocycles. The van der Waals surface area contributed by atoms with E-state index in [1.54, 1.807) is 6.08 Å². The van der Waals surface area contributed by atoms with Gasteiger partial charge in [0.2, 0.25) is 0 Å². The number of H-pyrrole nitrogens is 1. The number of ether oxygens (including phenoxy) is 1. The fourth-order valence-electron chi connectivity index (χ4n) is 2.84. The molecule has 0 atom stereocenters. The van der Waals surface area contributed by atoms with Gasteiger partial charge in [0, 0.05) is 6.08 Å². The third-order valence-corrected chi connectivity index (χ3v) is 4.33. The maximum atomic E-state index is 11.1. The van der Waals surface area contributed by atoms with Gasteiger partial charge >= 0.3 is 18.1 Å². The maximum Gasteiger partial charge on any atom is 0.490 e. The number of hydrogen-bond acceptors (Lipinski definition) is 5. The number of carbonyl (C=O) groups is 2. The number of carboxylic acid groups (broad SMARTS) is 1. The number of benzene rings is 1. The first kappa shape index (κ1) is 21.4. The highest BCUT2D eigenvalue weighted by Gasteiger charge is 2.38. The lowest BCUT2D eigenvalue weighted by molar-refractivity contribution is -0.192. The topological polar surface area (TPSA) is 118 Å². The van der Waals surface area contributed by atoms with Crippen LogP contribution in [0.3, 0.4) is 0 Å². The average Bonchev–Trinajstić information content (AvgIpc) is 3.26. The van der Waals surface area contributed by atoms with Crippen LogP contribution in [0.5, 0.6) is 0 Å². The zero-order chi connectivity index (χ0) is 20.9. The van der Waals surface area contributed by atoms with Gasteiger partial charge in [-0.1, -0.05) is 18.9 Å². The summed E-state index contributed by atoms with van der Waals surface area (Å²) in [5.74, 6) is -2.26. The summed E-state index contributed by atoms with van der Waals surface area (Å²) in [6.45, 7) is 0. The Labute approximate surface area is 158 Å². The van der Waals surface area contributed by atoms with E-state index in [1.807, 2.05) is 18.2 Å². The Bertz CT molecular complexity index is 884. The van der Waals surface area contributed by atoms with Crippen LogP contribution in [-0.2, 0) is 19.9 Å². The van der Waals surface area contributed by atoms with Crippen LogP contribution in [0, 0.1) is 0 Å². The number of nitrogens with one attached hydrogen (secondary N) is 1. The predicted molar refractivity (Wildman–Crippen MR) is 95.2 cm³/mol. The number of aromatic nitrogens is 2. The molecule has 4 N–H and O–H groups in total. The Hall–Kier alpha value is -2.88. The summed E-state index contributed by atoms with van der Waals surface area (Å²) in [4.78, 5) is 28.0. The van der Waals surface area contributed by atoms with Crippen molar-refractivity contribution in [3.05, 3.63) is 35.7 Å². The molecule has 0 unspecified atom stereocenters. The number of nitrogens with zero attached hydrogens (tertiary/aromatic N) is 1. The van der Waals surface area contributed by atoms with Crippen molar-refractivity contribution in [2.45, 2.75) is 37.4 Å². The number of aliphatic carboxylic acids is 1. The lowest BCUT2D eigenvalue weighted by atomic mass is 9.99. The number of imidazole rings is 1. The van der Waals surface area contributed by atoms with Crippen LogP contribution < -0.4 is 5.73 Å². The molecule has 2 aromatic rings. The molecule has 0 amide bonds. The summed E-state index contributed by atoms with van der Waals surface area (Å²) >= 11 is 0. The molecule has 0 saturated heterocycles. The number of alkyl halides is 3. The van der Waals surface area contributed by atoms with Gasteiger partial charge in [0.25, 0.3) is 0 Å². The van der Waals surface area contributed by atoms with Gasteiger partial charge in [-0.3, -0.25) is 0 Å². The number of fused-ring (bicyclic) bond motifs is 1. The Morgan fingerprint density at radius 1 is 1.32 bits per heavy atom. The van der Waals surface area contributed by atoms with Gasteiger partial charge in [0.1, 0.15) is 5.82 Å². The standard InChI is InChI=1S/C16H19N3O2.C2HF3O2/c1-21-14(20)7-5-11-4-6-12-13(10-11)19-15(18-12)16(17)8-2-3-9-16;3-2(4,5)1(6)7/h4-7,10H,2-3,8-9,17H2,1H3,(H,18,19);(H,6,7). The molecule has 1 aromatic heterocycles. The molecule has 0 spiro atoms. The van der Waals surface area contributed by atoms with Crippen molar-refractivity contribution in [2.24, 2.45) is 5.73 Å². The Morgan fingerprint density at radius 2 is 1.93 bits per heavy atom. The number of methoxy groups -OCH3 is 1. The number of aromatic amines is 1. The van der Waals surface area contributed by atoms with Crippen LogP contribution >= 0.6 is 0 Å². The molecule has 0 aliphatic heterocycles. The summed E-state index contributed by atoms with van der Waals surface area (Å²) in [7, 11) is 1.36. The van der Waals surface area contributed by atoms with Crippen molar-refractivity contribution in [3.8, 4) is 0 Å². The number of halogens is 3. The van der Waals surface area contributed by atoms with Crippen molar-refractivity contribution in [1.29, 1.82) is 0 Å². The second-order valence-corrected chi connectivity index (χ2v) is 6.38. The van der Waals surface area contributed by atoms with Crippen molar-refractivity contribution in [1.82, 2.24) is 9.97 Å². The van der Waals surface area contributed by atoms with E-state index in [1.165, 1.54) is 13.2 Å². The molecule has 10 heteroatoms. The zero-order valence-corrected chi connectivity index (χ0v) is 15.0. The fourth-order valence-corrected chi connectivity index (χ4v) is 2.84. The van der Waals surface area contributed by atoms with Crippen molar-refractivity contribution in [3.63, 3.8) is 0 Å². The SMILES string of the molecule is COC(=O)C=Cc1ccc2[nH]c(C3(N)CCCC3)nc2c1.O=C(O)C(F)(F)F. The van der Waals surface area contributed by atoms with Gasteiger partial charge in [0.05, 0.1) is 23.7 Å². The fraction of sp³-hybridized carbons (Fsp3) is 0.389. The summed E-state index contributed by atoms with van der Waals surface area (Å²) in [5, 5.41) is 7.12. The van der Waals surface area contributed by atoms with E-state index in [4.69, 9.17) is 15.6 Å². The average molecular weight is 399 g/mol. The number of hydrogen-bond donors (Lipinski definition) is 3. The Morgan fingerprint density at radius 3 is 2.46 bits per heavy atom. The first-order chi connectivity index (χ1) is 13.0. The van der Waals surface area contributed by atoms with Crippen LogP contribution in [-0.4, -0.2) is 40.3 Å². The second kappa shape index (κ2) is 8.42. The van der Waals surface area contributed by atoms with Gasteiger partial charge in [-0.2, -0.15) is 13.2 Å². The first-order valence-electron chi connectivity index (χ1n) is 8.40. The van der Waals surface area contributed by atoms with Gasteiger partial charge in [0.15, 0.2) is 0 Å². The van der Waals surface area contributed by atoms with E-state index in [0.717, 1.165) is 48.1 Å². The number of carbonyl (C=O) groups excluding carboxylic acids is 1. The Balaban J connectivity index is 0.000000345. The van der Waals surface area contributed by atoms with Crippen molar-refractivity contribution >= 4 is 29.0 Å². The molecule has 28 heavy (non-hydrogen) atoms. The van der Waals surface area contributed by atoms with E-state index in [0.29, 0.717) is 0 Å². The molecule has 1 aliphatic carbocycles. The first-order valence-corrected chi connectivity index (χ1v) is 8.40. The monoisotopic (exact) mass is 399 g/mol. The summed E-state index contributed by atoms with van der Waals surface area (Å²) in [6.07, 6.45) is 2.29. The van der Waals surface area contributed by atoms with E-state index in [-0.39, 0.29) is 11.5 Å². The highest BCUT2D eigenvalue weighted by molar-refractivity contribution is 5.88. The number of esters is 1. The molecule has 0 bridgehead atoms. The zero-order valence-electron chi connectivity index (χ0n) is 15.0. The minimum Gasteiger partial charge on any atom is -0.475 e. The second-order valence-electron chi connectivity index (χ2n) is 6.38. The van der Waals surface area contributed by atoms with Gasteiger partial charge in [-0.25, -0.2) is 14.6 Å². The van der Waals surface area contributed by atoms with Crippen molar-refractivity contribution < 1.29 is 32.6 Å². The van der Waals surface area contributed by atoms with Crippen LogP contribution in [0.1, 0.15) is 37.1 Å². The lowest BCUT2D eigenvalue weighted by Gasteiger charge is -2.19. The van der Waals surface area contributed by atoms with E-state index < -0.39 is 12.1 Å². The Kier molecular flexibility index (Phi) is 6.45. The molecule has 1 fully saturated rings. The van der Waals surface area contributed by atoms with E-state index >= 15 is 0 Å². The molecular formula is C18H20F3N3O4. The molecular weight excluding hydrogens is 379 g/mol. The largest absolute Gasteiger partial charge is 0.490 e. The van der Waals surface area contributed by atoms with Gasteiger partial charge < -0.3 is 20.6 Å². The van der Waals surface area contributed by atoms with Crippen LogP contribution in [0.4, 0.5) is 13.2 Å². The minimum absolute atomic E-state index is 0.318. The van der Waals surface area contributed by atoms with Crippen LogP contribution in [0.25, 0.3) is 17.1 Å². The normalized spacial score (nSPS) is 16.0. The molecule has 152 valence electrons. The minimum atomic E-state index is -5.08. The van der Waals surface area contributed by atoms with Gasteiger partial charge in [-0.15, -0.1) is 0 Å². The highest BCUT2D eigenvalue weighted by Crippen LogP contribution is 2.35. The molecule has 0 radical (unpaired) electrons. The third kappa shape index (κ3) is 5.32. The smallest absolute Gasteiger partial charge is 0.475 e. The van der Waals surface area contributed by atoms with E-state index in [2.05, 4.69) is 14.7 Å². The molecule has 1 saturated carbocycles. The third-order valence-electron chi connectivity index (χ3n) is 4.33. The molecule has 1 aromatic carbocycles. The quantitative estimate of drug-likeness (QED) is 0.539. The molecule has 1 aliphatic rings. The van der Waals surface area contributed by atoms with Crippen LogP contribution in [0.15, 0.2) is 24.3 Å². The lowest BCUT2D eigenvalue weighted by Crippen LogP contribution is -2.34. The number of carboxylic acids is 1. The van der Waals surface area contributed by atoms with Crippen LogP contribution in [0.2, 0.25) is 0 Å². The van der Waals surface area contributed by atoms with E-state index in [9.17, 15) is 18.0 Å². The number of rotatable bonds is 3. The maximum absolute atomic E-state index is 11.1. The summed E-state index contributed by atoms with van der Waals surface area (Å²) in [5.41, 5.74) is 8.86.